The van der Waals surface area contributed by atoms with Gasteiger partial charge in [0.2, 0.25) is 0 Å². The molecule has 0 aliphatic heterocycles. The van der Waals surface area contributed by atoms with Crippen LogP contribution in [0.1, 0.15) is 0 Å². The van der Waals surface area contributed by atoms with Crippen molar-refractivity contribution in [1.29, 1.82) is 0 Å². The van der Waals surface area contributed by atoms with Crippen molar-refractivity contribution in [2.75, 3.05) is 0 Å². The average molecular weight is 340 g/mol. The van der Waals surface area contributed by atoms with Crippen LogP contribution in [-0.4, -0.2) is 14.6 Å². The normalized spacial score (nSPS) is 11.1. The fraction of sp³-hybridized carbons (Fsp3) is 0. The molecule has 0 radical (unpaired) electrons. The Morgan fingerprint density at radius 2 is 1.86 bits per heavy atom. The maximum atomic E-state index is 5.48. The van der Waals surface area contributed by atoms with Crippen LogP contribution in [0.15, 0.2) is 69.9 Å². The second-order valence-corrected chi connectivity index (χ2v) is 5.36. The Hall–Kier alpha value is -2.40. The minimum absolute atomic E-state index is 0.761. The van der Waals surface area contributed by atoms with Gasteiger partial charge < -0.3 is 4.42 Å². The summed E-state index contributed by atoms with van der Waals surface area (Å²) >= 11 is 3.61. The Bertz CT molecular complexity index is 898. The molecule has 0 saturated heterocycles. The fourth-order valence-electron chi connectivity index (χ4n) is 2.31. The number of rotatable bonds is 2. The first-order chi connectivity index (χ1) is 10.3. The van der Waals surface area contributed by atoms with Gasteiger partial charge in [0.1, 0.15) is 11.4 Å². The number of aromatic nitrogens is 3. The molecule has 0 fully saturated rings. The number of halogens is 1. The third kappa shape index (κ3) is 1.97. The van der Waals surface area contributed by atoms with Gasteiger partial charge in [-0.2, -0.15) is 5.10 Å². The fourth-order valence-corrected chi connectivity index (χ4v) is 2.89. The number of hydrogen-bond donors (Lipinski definition) is 0. The van der Waals surface area contributed by atoms with Crippen LogP contribution >= 0.6 is 15.9 Å². The highest BCUT2D eigenvalue weighted by molar-refractivity contribution is 9.10. The van der Waals surface area contributed by atoms with Gasteiger partial charge in [-0.1, -0.05) is 30.3 Å². The molecule has 3 heterocycles. The molecule has 0 N–H and O–H groups in total. The Balaban J connectivity index is 2.01. The molecule has 5 heteroatoms. The summed E-state index contributed by atoms with van der Waals surface area (Å²) in [7, 11) is 0. The molecule has 0 aliphatic carbocycles. The van der Waals surface area contributed by atoms with Gasteiger partial charge in [0.25, 0.3) is 0 Å². The molecule has 0 amide bonds. The summed E-state index contributed by atoms with van der Waals surface area (Å²) < 4.78 is 8.15. The molecular weight excluding hydrogens is 330 g/mol. The van der Waals surface area contributed by atoms with E-state index < -0.39 is 0 Å². The number of nitrogens with zero attached hydrogens (tertiary/aromatic N) is 3. The second kappa shape index (κ2) is 4.86. The van der Waals surface area contributed by atoms with E-state index in [0.29, 0.717) is 0 Å². The SMILES string of the molecule is Brc1c(-c2ccccc2)nn2c(-c3ccco3)ccnc12. The minimum atomic E-state index is 0.761. The molecule has 0 unspecified atom stereocenters. The maximum Gasteiger partial charge on any atom is 0.170 e. The van der Waals surface area contributed by atoms with E-state index in [-0.39, 0.29) is 0 Å². The van der Waals surface area contributed by atoms with Gasteiger partial charge in [-0.15, -0.1) is 0 Å². The van der Waals surface area contributed by atoms with Crippen molar-refractivity contribution in [3.8, 4) is 22.7 Å². The van der Waals surface area contributed by atoms with Crippen molar-refractivity contribution >= 4 is 21.6 Å². The van der Waals surface area contributed by atoms with Gasteiger partial charge in [0, 0.05) is 11.8 Å². The number of hydrogen-bond acceptors (Lipinski definition) is 3. The zero-order valence-corrected chi connectivity index (χ0v) is 12.5. The average Bonchev–Trinajstić information content (AvgIpc) is 3.17. The third-order valence-electron chi connectivity index (χ3n) is 3.28. The lowest BCUT2D eigenvalue weighted by Crippen LogP contribution is -1.94. The largest absolute Gasteiger partial charge is 0.463 e. The smallest absolute Gasteiger partial charge is 0.170 e. The first-order valence-electron chi connectivity index (χ1n) is 6.47. The van der Waals surface area contributed by atoms with E-state index in [4.69, 9.17) is 4.42 Å². The van der Waals surface area contributed by atoms with Crippen LogP contribution < -0.4 is 0 Å². The topological polar surface area (TPSA) is 43.3 Å². The number of fused-ring (bicyclic) bond motifs is 1. The maximum absolute atomic E-state index is 5.48. The molecule has 4 rings (SSSR count). The predicted octanol–water partition coefficient (Wildman–Crippen LogP) is 4.42. The van der Waals surface area contributed by atoms with Crippen LogP contribution in [0, 0.1) is 0 Å². The zero-order valence-electron chi connectivity index (χ0n) is 10.9. The lowest BCUT2D eigenvalue weighted by molar-refractivity contribution is 0.577. The summed E-state index contributed by atoms with van der Waals surface area (Å²) in [6.45, 7) is 0. The molecule has 0 saturated carbocycles. The summed E-state index contributed by atoms with van der Waals surface area (Å²) in [6.07, 6.45) is 3.41. The Morgan fingerprint density at radius 1 is 1.00 bits per heavy atom. The molecule has 3 aromatic heterocycles. The zero-order chi connectivity index (χ0) is 14.2. The first kappa shape index (κ1) is 12.3. The molecule has 0 spiro atoms. The third-order valence-corrected chi connectivity index (χ3v) is 4.01. The van der Waals surface area contributed by atoms with Crippen molar-refractivity contribution < 1.29 is 4.42 Å². The standard InChI is InChI=1S/C16H10BrN3O/c17-14-15(11-5-2-1-3-6-11)19-20-12(8-9-18-16(14)20)13-7-4-10-21-13/h1-10H. The van der Waals surface area contributed by atoms with Gasteiger partial charge in [-0.05, 0) is 34.1 Å². The van der Waals surface area contributed by atoms with E-state index in [1.807, 2.05) is 48.5 Å². The first-order valence-corrected chi connectivity index (χ1v) is 7.26. The van der Waals surface area contributed by atoms with E-state index in [9.17, 15) is 0 Å². The Labute approximate surface area is 129 Å². The highest BCUT2D eigenvalue weighted by Gasteiger charge is 2.16. The summed E-state index contributed by atoms with van der Waals surface area (Å²) in [4.78, 5) is 4.41. The van der Waals surface area contributed by atoms with Crippen LogP contribution in [-0.2, 0) is 0 Å². The summed E-state index contributed by atoms with van der Waals surface area (Å²) in [6, 6.07) is 15.7. The quantitative estimate of drug-likeness (QED) is 0.543. The molecule has 0 aliphatic rings. The highest BCUT2D eigenvalue weighted by atomic mass is 79.9. The Kier molecular flexibility index (Phi) is 2.86. The van der Waals surface area contributed by atoms with E-state index in [2.05, 4.69) is 26.0 Å². The monoisotopic (exact) mass is 339 g/mol. The van der Waals surface area contributed by atoms with Gasteiger partial charge in [0.15, 0.2) is 11.4 Å². The van der Waals surface area contributed by atoms with Gasteiger partial charge in [-0.25, -0.2) is 9.50 Å². The number of furan rings is 1. The lowest BCUT2D eigenvalue weighted by atomic mass is 10.2. The molecule has 4 nitrogen and oxygen atoms in total. The van der Waals surface area contributed by atoms with E-state index in [0.717, 1.165) is 32.8 Å². The van der Waals surface area contributed by atoms with Crippen molar-refractivity contribution in [2.24, 2.45) is 0 Å². The van der Waals surface area contributed by atoms with Crippen LogP contribution in [0.3, 0.4) is 0 Å². The molecule has 21 heavy (non-hydrogen) atoms. The van der Waals surface area contributed by atoms with E-state index in [1.54, 1.807) is 17.0 Å². The van der Waals surface area contributed by atoms with E-state index >= 15 is 0 Å². The van der Waals surface area contributed by atoms with Gasteiger partial charge in [0.05, 0.1) is 10.7 Å². The second-order valence-electron chi connectivity index (χ2n) is 4.57. The summed E-state index contributed by atoms with van der Waals surface area (Å²) in [5, 5.41) is 4.69. The molecule has 4 aromatic rings. The van der Waals surface area contributed by atoms with Gasteiger partial charge in [-0.3, -0.25) is 0 Å². The predicted molar refractivity (Wildman–Crippen MR) is 83.8 cm³/mol. The van der Waals surface area contributed by atoms with Crippen LogP contribution in [0.25, 0.3) is 28.4 Å². The van der Waals surface area contributed by atoms with Crippen molar-refractivity contribution in [3.05, 3.63) is 65.5 Å². The molecule has 1 aromatic carbocycles. The molecular formula is C16H10BrN3O. The minimum Gasteiger partial charge on any atom is -0.463 e. The van der Waals surface area contributed by atoms with Crippen molar-refractivity contribution in [2.45, 2.75) is 0 Å². The molecule has 0 bridgehead atoms. The number of benzene rings is 1. The Morgan fingerprint density at radius 3 is 2.62 bits per heavy atom. The van der Waals surface area contributed by atoms with Crippen molar-refractivity contribution in [3.63, 3.8) is 0 Å². The van der Waals surface area contributed by atoms with E-state index in [1.165, 1.54) is 0 Å². The van der Waals surface area contributed by atoms with Crippen LogP contribution in [0.5, 0.6) is 0 Å². The summed E-state index contributed by atoms with van der Waals surface area (Å²) in [5.41, 5.74) is 3.54. The van der Waals surface area contributed by atoms with Crippen molar-refractivity contribution in [1.82, 2.24) is 14.6 Å². The summed E-state index contributed by atoms with van der Waals surface area (Å²) in [5.74, 6) is 0.761. The van der Waals surface area contributed by atoms with Crippen LogP contribution in [0.4, 0.5) is 0 Å². The van der Waals surface area contributed by atoms with Crippen LogP contribution in [0.2, 0.25) is 0 Å². The molecule has 0 atom stereocenters. The highest BCUT2D eigenvalue weighted by Crippen LogP contribution is 2.32. The lowest BCUT2D eigenvalue weighted by Gasteiger charge is -2.00. The van der Waals surface area contributed by atoms with Gasteiger partial charge >= 0.3 is 0 Å². The molecule has 102 valence electrons.